The standard InChI is InChI=1S/C12H20O5/c1-5-8-12(4,11(15)17-7-3)9(13)10(14)16-6-2/h5,9,13H,1,6-8H2,2-4H3/t9-,12-/m0/s1. The first-order valence-corrected chi connectivity index (χ1v) is 5.56. The normalized spacial score (nSPS) is 15.5. The Morgan fingerprint density at radius 3 is 2.29 bits per heavy atom. The summed E-state index contributed by atoms with van der Waals surface area (Å²) in [6.07, 6.45) is 0.0325. The lowest BCUT2D eigenvalue weighted by Gasteiger charge is -2.29. The Bertz CT molecular complexity index is 287. The number of hydrogen-bond acceptors (Lipinski definition) is 5. The Balaban J connectivity index is 4.97. The van der Waals surface area contributed by atoms with Crippen LogP contribution in [0.15, 0.2) is 12.7 Å². The van der Waals surface area contributed by atoms with Crippen LogP contribution in [0.3, 0.4) is 0 Å². The summed E-state index contributed by atoms with van der Waals surface area (Å²) in [5.41, 5.74) is -1.36. The van der Waals surface area contributed by atoms with Crippen LogP contribution in [0.1, 0.15) is 27.2 Å². The number of rotatable bonds is 7. The summed E-state index contributed by atoms with van der Waals surface area (Å²) in [5, 5.41) is 9.87. The highest BCUT2D eigenvalue weighted by molar-refractivity contribution is 5.86. The van der Waals surface area contributed by atoms with Gasteiger partial charge in [-0.15, -0.1) is 6.58 Å². The molecule has 0 heterocycles. The molecule has 5 heteroatoms. The van der Waals surface area contributed by atoms with E-state index in [2.05, 4.69) is 6.58 Å². The Hall–Kier alpha value is -1.36. The molecule has 2 atom stereocenters. The van der Waals surface area contributed by atoms with Gasteiger partial charge >= 0.3 is 11.9 Å². The van der Waals surface area contributed by atoms with Crippen LogP contribution in [-0.2, 0) is 19.1 Å². The molecule has 17 heavy (non-hydrogen) atoms. The van der Waals surface area contributed by atoms with Crippen LogP contribution >= 0.6 is 0 Å². The molecule has 0 aliphatic heterocycles. The van der Waals surface area contributed by atoms with Crippen LogP contribution in [0.25, 0.3) is 0 Å². The number of aliphatic hydroxyl groups excluding tert-OH is 1. The first-order valence-electron chi connectivity index (χ1n) is 5.56. The molecular formula is C12H20O5. The van der Waals surface area contributed by atoms with Crippen LogP contribution in [0.2, 0.25) is 0 Å². The number of hydrogen-bond donors (Lipinski definition) is 1. The molecule has 0 amide bonds. The van der Waals surface area contributed by atoms with Gasteiger partial charge in [-0.25, -0.2) is 4.79 Å². The lowest BCUT2D eigenvalue weighted by molar-refractivity contribution is -0.175. The van der Waals surface area contributed by atoms with Crippen molar-refractivity contribution in [2.45, 2.75) is 33.3 Å². The summed E-state index contributed by atoms with van der Waals surface area (Å²) in [4.78, 5) is 23.2. The van der Waals surface area contributed by atoms with Gasteiger partial charge < -0.3 is 14.6 Å². The van der Waals surface area contributed by atoms with Crippen molar-refractivity contribution < 1.29 is 24.2 Å². The second-order valence-corrected chi connectivity index (χ2v) is 3.79. The third kappa shape index (κ3) is 3.85. The minimum atomic E-state index is -1.56. The van der Waals surface area contributed by atoms with Crippen LogP contribution in [0.5, 0.6) is 0 Å². The molecule has 0 saturated carbocycles. The molecule has 0 saturated heterocycles. The fraction of sp³-hybridized carbons (Fsp3) is 0.667. The van der Waals surface area contributed by atoms with E-state index in [1.807, 2.05) is 0 Å². The zero-order valence-electron chi connectivity index (χ0n) is 10.6. The summed E-state index contributed by atoms with van der Waals surface area (Å²) >= 11 is 0. The maximum atomic E-state index is 11.8. The highest BCUT2D eigenvalue weighted by Crippen LogP contribution is 2.29. The van der Waals surface area contributed by atoms with Crippen molar-refractivity contribution in [1.29, 1.82) is 0 Å². The molecular weight excluding hydrogens is 224 g/mol. The van der Waals surface area contributed by atoms with Gasteiger partial charge in [-0.1, -0.05) is 6.08 Å². The molecule has 0 rings (SSSR count). The second-order valence-electron chi connectivity index (χ2n) is 3.79. The molecule has 1 N–H and O–H groups in total. The second kappa shape index (κ2) is 7.06. The number of allylic oxidation sites excluding steroid dienone is 1. The van der Waals surface area contributed by atoms with Gasteiger partial charge in [-0.2, -0.15) is 0 Å². The van der Waals surface area contributed by atoms with E-state index in [1.165, 1.54) is 13.0 Å². The van der Waals surface area contributed by atoms with Gasteiger partial charge in [0.05, 0.1) is 13.2 Å². The topological polar surface area (TPSA) is 72.8 Å². The summed E-state index contributed by atoms with van der Waals surface area (Å²) < 4.78 is 9.55. The smallest absolute Gasteiger partial charge is 0.336 e. The molecule has 98 valence electrons. The minimum absolute atomic E-state index is 0.131. The molecule has 5 nitrogen and oxygen atoms in total. The first-order chi connectivity index (χ1) is 7.93. The highest BCUT2D eigenvalue weighted by atomic mass is 16.6. The molecule has 0 aliphatic carbocycles. The van der Waals surface area contributed by atoms with Crippen LogP contribution in [-0.4, -0.2) is 36.4 Å². The summed E-state index contributed by atoms with van der Waals surface area (Å²) in [6, 6.07) is 0. The molecule has 0 fully saturated rings. The maximum absolute atomic E-state index is 11.8. The summed E-state index contributed by atoms with van der Waals surface area (Å²) in [7, 11) is 0. The van der Waals surface area contributed by atoms with E-state index in [9.17, 15) is 14.7 Å². The van der Waals surface area contributed by atoms with Crippen molar-refractivity contribution in [2.24, 2.45) is 5.41 Å². The Kier molecular flexibility index (Phi) is 6.50. The first kappa shape index (κ1) is 15.6. The predicted molar refractivity (Wildman–Crippen MR) is 62.2 cm³/mol. The van der Waals surface area contributed by atoms with Crippen molar-refractivity contribution >= 4 is 11.9 Å². The van der Waals surface area contributed by atoms with Gasteiger partial charge in [0, 0.05) is 0 Å². The van der Waals surface area contributed by atoms with E-state index in [-0.39, 0.29) is 19.6 Å². The summed E-state index contributed by atoms with van der Waals surface area (Å²) in [6.45, 7) is 8.56. The zero-order valence-corrected chi connectivity index (χ0v) is 10.6. The lowest BCUT2D eigenvalue weighted by Crippen LogP contribution is -2.46. The van der Waals surface area contributed by atoms with Gasteiger partial charge in [0.1, 0.15) is 5.41 Å². The average Bonchev–Trinajstić information content (AvgIpc) is 2.28. The molecule has 0 aromatic heterocycles. The van der Waals surface area contributed by atoms with Gasteiger partial charge in [0.25, 0.3) is 0 Å². The van der Waals surface area contributed by atoms with Crippen LogP contribution in [0.4, 0.5) is 0 Å². The largest absolute Gasteiger partial charge is 0.465 e. The van der Waals surface area contributed by atoms with E-state index < -0.39 is 23.5 Å². The number of carbonyl (C=O) groups is 2. The zero-order chi connectivity index (χ0) is 13.5. The highest BCUT2D eigenvalue weighted by Gasteiger charge is 2.45. The van der Waals surface area contributed by atoms with Crippen LogP contribution < -0.4 is 0 Å². The van der Waals surface area contributed by atoms with Gasteiger partial charge in [-0.3, -0.25) is 4.79 Å². The number of aliphatic hydroxyl groups is 1. The monoisotopic (exact) mass is 244 g/mol. The van der Waals surface area contributed by atoms with Gasteiger partial charge in [-0.05, 0) is 27.2 Å². The fourth-order valence-electron chi connectivity index (χ4n) is 1.38. The van der Waals surface area contributed by atoms with E-state index in [0.29, 0.717) is 0 Å². The van der Waals surface area contributed by atoms with E-state index >= 15 is 0 Å². The lowest BCUT2D eigenvalue weighted by atomic mass is 9.81. The molecule has 0 aromatic rings. The molecule has 0 radical (unpaired) electrons. The van der Waals surface area contributed by atoms with E-state index in [0.717, 1.165) is 0 Å². The molecule has 0 bridgehead atoms. The molecule has 0 aromatic carbocycles. The van der Waals surface area contributed by atoms with Crippen molar-refractivity contribution in [3.8, 4) is 0 Å². The van der Waals surface area contributed by atoms with E-state index in [4.69, 9.17) is 9.47 Å². The van der Waals surface area contributed by atoms with E-state index in [1.54, 1.807) is 13.8 Å². The number of ether oxygens (including phenoxy) is 2. The SMILES string of the molecule is C=CC[C@](C)(C(=O)OCC)[C@@H](O)C(=O)OCC. The number of carbonyl (C=O) groups excluding carboxylic acids is 2. The van der Waals surface area contributed by atoms with Crippen molar-refractivity contribution in [3.63, 3.8) is 0 Å². The van der Waals surface area contributed by atoms with Crippen molar-refractivity contribution in [3.05, 3.63) is 12.7 Å². The summed E-state index contributed by atoms with van der Waals surface area (Å²) in [5.74, 6) is -1.47. The fourth-order valence-corrected chi connectivity index (χ4v) is 1.38. The third-order valence-corrected chi connectivity index (χ3v) is 2.42. The molecule has 0 spiro atoms. The van der Waals surface area contributed by atoms with Gasteiger partial charge in [0.15, 0.2) is 6.10 Å². The van der Waals surface area contributed by atoms with Crippen molar-refractivity contribution in [1.82, 2.24) is 0 Å². The third-order valence-electron chi connectivity index (χ3n) is 2.42. The molecule has 0 unspecified atom stereocenters. The Labute approximate surface area is 101 Å². The number of esters is 2. The predicted octanol–water partition coefficient (Wildman–Crippen LogP) is 1.06. The van der Waals surface area contributed by atoms with Crippen LogP contribution in [0, 0.1) is 5.41 Å². The Morgan fingerprint density at radius 1 is 1.35 bits per heavy atom. The van der Waals surface area contributed by atoms with Crippen molar-refractivity contribution in [2.75, 3.05) is 13.2 Å². The molecule has 0 aliphatic rings. The van der Waals surface area contributed by atoms with Gasteiger partial charge in [0.2, 0.25) is 0 Å². The maximum Gasteiger partial charge on any atom is 0.336 e. The quantitative estimate of drug-likeness (QED) is 0.535. The Morgan fingerprint density at radius 2 is 1.88 bits per heavy atom. The average molecular weight is 244 g/mol. The minimum Gasteiger partial charge on any atom is -0.465 e.